The van der Waals surface area contributed by atoms with Crippen LogP contribution in [0.1, 0.15) is 232 Å². The van der Waals surface area contributed by atoms with Gasteiger partial charge in [-0.3, -0.25) is 4.79 Å². The molecule has 7 atom stereocenters. The van der Waals surface area contributed by atoms with E-state index in [1.54, 1.807) is 6.08 Å². The number of hydrogen-bond donors (Lipinski definition) is 6. The van der Waals surface area contributed by atoms with E-state index in [0.717, 1.165) is 44.9 Å². The molecule has 0 saturated carbocycles. The predicted octanol–water partition coefficient (Wildman–Crippen LogP) is 12.2. The van der Waals surface area contributed by atoms with E-state index < -0.39 is 49.5 Å². The van der Waals surface area contributed by atoms with Crippen LogP contribution in [0.3, 0.4) is 0 Å². The number of carbonyl (C=O) groups excluding carboxylic acids is 1. The molecular weight excluding hydrogens is 791 g/mol. The fourth-order valence-electron chi connectivity index (χ4n) is 8.14. The molecule has 0 aliphatic carbocycles. The number of unbranched alkanes of at least 4 members (excludes halogenated alkanes) is 28. The van der Waals surface area contributed by atoms with Crippen LogP contribution in [-0.2, 0) is 14.3 Å². The molecule has 6 N–H and O–H groups in total. The van der Waals surface area contributed by atoms with Gasteiger partial charge >= 0.3 is 0 Å². The first kappa shape index (κ1) is 59.2. The molecule has 368 valence electrons. The summed E-state index contributed by atoms with van der Waals surface area (Å²) in [5, 5.41) is 54.1. The number of aliphatic hydroxyl groups excluding tert-OH is 5. The molecule has 9 nitrogen and oxygen atoms in total. The lowest BCUT2D eigenvalue weighted by atomic mass is 9.99. The van der Waals surface area contributed by atoms with Crippen molar-refractivity contribution >= 4 is 5.91 Å². The number of amides is 1. The first-order chi connectivity index (χ1) is 30.8. The number of allylic oxidation sites excluding steroid dienone is 7. The maximum Gasteiger partial charge on any atom is 0.220 e. The summed E-state index contributed by atoms with van der Waals surface area (Å²) in [7, 11) is 0. The Morgan fingerprint density at radius 3 is 1.46 bits per heavy atom. The number of nitrogens with one attached hydrogen (secondary N) is 1. The Balaban J connectivity index is 2.10. The molecule has 0 aromatic rings. The van der Waals surface area contributed by atoms with Crippen molar-refractivity contribution in [3.05, 3.63) is 48.6 Å². The standard InChI is InChI=1S/C54H99NO8/c1-3-5-7-9-11-13-14-15-16-17-18-19-20-21-22-23-24-25-26-27-28-29-30-31-32-33-34-36-38-40-42-44-50(58)55-47(48(57)43-41-39-37-35-12-10-8-6-4-2)46-62-54-53(61)52(60)51(59)49(45-56)63-54/h12,14-15,17-18,35,41,43,47-49,51-54,56-57,59-61H,3-11,13,16,19-34,36-40,42,44-46H2,1-2H3,(H,55,58)/b15-14-,18-17-,35-12+,43-41+. The van der Waals surface area contributed by atoms with E-state index in [-0.39, 0.29) is 12.5 Å². The molecule has 1 amide bonds. The third kappa shape index (κ3) is 34.2. The normalized spacial score (nSPS) is 20.5. The van der Waals surface area contributed by atoms with Gasteiger partial charge in [-0.15, -0.1) is 0 Å². The Kier molecular flexibility index (Phi) is 41.3. The van der Waals surface area contributed by atoms with Crippen LogP contribution in [0.2, 0.25) is 0 Å². The maximum absolute atomic E-state index is 13.0. The summed E-state index contributed by atoms with van der Waals surface area (Å²) in [6, 6.07) is -0.818. The van der Waals surface area contributed by atoms with Gasteiger partial charge in [0.15, 0.2) is 6.29 Å². The largest absolute Gasteiger partial charge is 0.394 e. The highest BCUT2D eigenvalue weighted by molar-refractivity contribution is 5.76. The van der Waals surface area contributed by atoms with Gasteiger partial charge in [-0.1, -0.05) is 210 Å². The van der Waals surface area contributed by atoms with Crippen LogP contribution in [0.15, 0.2) is 48.6 Å². The molecular formula is C54H99NO8. The smallest absolute Gasteiger partial charge is 0.220 e. The third-order valence-corrected chi connectivity index (χ3v) is 12.4. The first-order valence-corrected chi connectivity index (χ1v) is 26.4. The molecule has 7 unspecified atom stereocenters. The molecule has 1 rings (SSSR count). The minimum absolute atomic E-state index is 0.188. The lowest BCUT2D eigenvalue weighted by Crippen LogP contribution is -2.60. The Labute approximate surface area is 386 Å². The van der Waals surface area contributed by atoms with Gasteiger partial charge in [0, 0.05) is 6.42 Å². The number of ether oxygens (including phenoxy) is 2. The SMILES string of the molecule is CCCCC/C=C/CC/C=C/C(O)C(COC1OC(CO)C(O)C(O)C1O)NC(=O)CCCCCCCCCCCCCCCCCCCCC/C=C\C/C=C\CCCCCCC. The van der Waals surface area contributed by atoms with Crippen LogP contribution in [0, 0.1) is 0 Å². The monoisotopic (exact) mass is 890 g/mol. The van der Waals surface area contributed by atoms with E-state index in [1.165, 1.54) is 167 Å². The van der Waals surface area contributed by atoms with Crippen LogP contribution in [-0.4, -0.2) is 87.5 Å². The highest BCUT2D eigenvalue weighted by atomic mass is 16.7. The number of aliphatic hydroxyl groups is 5. The minimum atomic E-state index is -1.57. The van der Waals surface area contributed by atoms with Gasteiger partial charge in [0.1, 0.15) is 24.4 Å². The van der Waals surface area contributed by atoms with Gasteiger partial charge in [-0.25, -0.2) is 0 Å². The summed E-state index contributed by atoms with van der Waals surface area (Å²) in [5.74, 6) is -0.188. The Morgan fingerprint density at radius 1 is 0.540 bits per heavy atom. The summed E-state index contributed by atoms with van der Waals surface area (Å²) in [4.78, 5) is 13.0. The van der Waals surface area contributed by atoms with Gasteiger partial charge < -0.3 is 40.3 Å². The lowest BCUT2D eigenvalue weighted by molar-refractivity contribution is -0.302. The molecule has 0 aromatic carbocycles. The average Bonchev–Trinajstić information content (AvgIpc) is 3.28. The van der Waals surface area contributed by atoms with E-state index in [1.807, 2.05) is 6.08 Å². The van der Waals surface area contributed by atoms with E-state index in [2.05, 4.69) is 55.6 Å². The van der Waals surface area contributed by atoms with Crippen LogP contribution in [0.5, 0.6) is 0 Å². The zero-order chi connectivity index (χ0) is 45.9. The van der Waals surface area contributed by atoms with Gasteiger partial charge in [-0.2, -0.15) is 0 Å². The van der Waals surface area contributed by atoms with Crippen LogP contribution < -0.4 is 5.32 Å². The molecule has 1 aliphatic heterocycles. The van der Waals surface area contributed by atoms with E-state index >= 15 is 0 Å². The molecule has 0 bridgehead atoms. The summed E-state index contributed by atoms with van der Waals surface area (Å²) in [6.07, 6.45) is 50.6. The number of rotatable bonds is 44. The average molecular weight is 890 g/mol. The van der Waals surface area contributed by atoms with Crippen molar-refractivity contribution in [2.24, 2.45) is 0 Å². The Bertz CT molecular complexity index is 1130. The molecule has 63 heavy (non-hydrogen) atoms. The molecule has 0 aromatic heterocycles. The van der Waals surface area contributed by atoms with Crippen molar-refractivity contribution in [3.63, 3.8) is 0 Å². The van der Waals surface area contributed by atoms with Gasteiger partial charge in [0.05, 0.1) is 25.4 Å². The predicted molar refractivity (Wildman–Crippen MR) is 263 cm³/mol. The second-order valence-electron chi connectivity index (χ2n) is 18.3. The Morgan fingerprint density at radius 2 is 0.952 bits per heavy atom. The third-order valence-electron chi connectivity index (χ3n) is 12.4. The lowest BCUT2D eigenvalue weighted by Gasteiger charge is -2.40. The molecule has 0 radical (unpaired) electrons. The topological polar surface area (TPSA) is 149 Å². The summed E-state index contributed by atoms with van der Waals surface area (Å²) >= 11 is 0. The molecule has 1 fully saturated rings. The van der Waals surface area contributed by atoms with E-state index in [4.69, 9.17) is 9.47 Å². The zero-order valence-corrected chi connectivity index (χ0v) is 40.6. The second kappa shape index (κ2) is 44.0. The number of hydrogen-bond acceptors (Lipinski definition) is 8. The molecule has 1 saturated heterocycles. The molecule has 1 aliphatic rings. The van der Waals surface area contributed by atoms with Crippen molar-refractivity contribution in [3.8, 4) is 0 Å². The second-order valence-corrected chi connectivity index (χ2v) is 18.3. The van der Waals surface area contributed by atoms with Crippen molar-refractivity contribution in [2.45, 2.75) is 275 Å². The fraction of sp³-hybridized carbons (Fsp3) is 0.833. The van der Waals surface area contributed by atoms with E-state index in [0.29, 0.717) is 6.42 Å². The maximum atomic E-state index is 13.0. The first-order valence-electron chi connectivity index (χ1n) is 26.4. The molecule has 9 heteroatoms. The highest BCUT2D eigenvalue weighted by Crippen LogP contribution is 2.23. The van der Waals surface area contributed by atoms with E-state index in [9.17, 15) is 30.3 Å². The van der Waals surface area contributed by atoms with Crippen molar-refractivity contribution in [1.29, 1.82) is 0 Å². The van der Waals surface area contributed by atoms with Gasteiger partial charge in [0.2, 0.25) is 5.91 Å². The molecule has 1 heterocycles. The van der Waals surface area contributed by atoms with Crippen LogP contribution in [0.25, 0.3) is 0 Å². The van der Waals surface area contributed by atoms with Crippen LogP contribution in [0.4, 0.5) is 0 Å². The summed E-state index contributed by atoms with van der Waals surface area (Å²) in [5.41, 5.74) is 0. The minimum Gasteiger partial charge on any atom is -0.394 e. The van der Waals surface area contributed by atoms with Crippen LogP contribution >= 0.6 is 0 Å². The van der Waals surface area contributed by atoms with Crippen molar-refractivity contribution < 1.29 is 39.8 Å². The van der Waals surface area contributed by atoms with Gasteiger partial charge in [-0.05, 0) is 64.2 Å². The quantitative estimate of drug-likeness (QED) is 0.0262. The zero-order valence-electron chi connectivity index (χ0n) is 40.6. The van der Waals surface area contributed by atoms with Crippen molar-refractivity contribution in [2.75, 3.05) is 13.2 Å². The van der Waals surface area contributed by atoms with Gasteiger partial charge in [0.25, 0.3) is 0 Å². The molecule has 0 spiro atoms. The number of carbonyl (C=O) groups is 1. The summed E-state index contributed by atoms with van der Waals surface area (Å²) < 4.78 is 11.2. The summed E-state index contributed by atoms with van der Waals surface area (Å²) in [6.45, 7) is 3.69. The van der Waals surface area contributed by atoms with Crippen molar-refractivity contribution in [1.82, 2.24) is 5.32 Å². The highest BCUT2D eigenvalue weighted by Gasteiger charge is 2.44. The fourth-order valence-corrected chi connectivity index (χ4v) is 8.14. The Hall–Kier alpha value is -1.85.